The van der Waals surface area contributed by atoms with Crippen LogP contribution in [-0.4, -0.2) is 31.2 Å². The minimum atomic E-state index is -4.09. The summed E-state index contributed by atoms with van der Waals surface area (Å²) in [6.07, 6.45) is -4.09. The highest BCUT2D eigenvalue weighted by Crippen LogP contribution is 2.22. The van der Waals surface area contributed by atoms with E-state index in [-0.39, 0.29) is 0 Å². The Morgan fingerprint density at radius 2 is 1.36 bits per heavy atom. The van der Waals surface area contributed by atoms with Crippen molar-refractivity contribution in [1.29, 1.82) is 0 Å². The molecule has 0 amide bonds. The summed E-state index contributed by atoms with van der Waals surface area (Å²) in [4.78, 5) is 1.12. The lowest BCUT2D eigenvalue weighted by Gasteiger charge is -2.21. The average Bonchev–Trinajstić information content (AvgIpc) is 1.89. The van der Waals surface area contributed by atoms with Gasteiger partial charge in [-0.05, 0) is 21.0 Å². The minimum Gasteiger partial charge on any atom is -0.299 e. The molecule has 0 aliphatic rings. The fourth-order valence-corrected chi connectivity index (χ4v) is 0.293. The Bertz CT molecular complexity index is 88.2. The van der Waals surface area contributed by atoms with Crippen molar-refractivity contribution in [2.75, 3.05) is 14.1 Å². The second kappa shape index (κ2) is 5.41. The van der Waals surface area contributed by atoms with Crippen LogP contribution in [0.15, 0.2) is 0 Å². The second-order valence-electron chi connectivity index (χ2n) is 2.18. The van der Waals surface area contributed by atoms with Gasteiger partial charge in [0.1, 0.15) is 6.04 Å². The van der Waals surface area contributed by atoms with E-state index in [0.717, 1.165) is 11.8 Å². The zero-order chi connectivity index (χ0) is 9.65. The summed E-state index contributed by atoms with van der Waals surface area (Å²) in [5.41, 5.74) is 0. The lowest BCUT2D eigenvalue weighted by molar-refractivity contribution is -0.171. The van der Waals surface area contributed by atoms with Gasteiger partial charge in [0.25, 0.3) is 0 Å². The molecule has 0 aromatic heterocycles. The van der Waals surface area contributed by atoms with Crippen LogP contribution in [0.3, 0.4) is 0 Å². The molecule has 0 saturated carbocycles. The van der Waals surface area contributed by atoms with Crippen molar-refractivity contribution in [3.63, 3.8) is 0 Å². The Labute approximate surface area is 66.2 Å². The summed E-state index contributed by atoms with van der Waals surface area (Å²) >= 11 is 0. The second-order valence-corrected chi connectivity index (χ2v) is 2.18. The molecule has 0 radical (unpaired) electrons. The summed E-state index contributed by atoms with van der Waals surface area (Å²) < 4.78 is 35.0. The van der Waals surface area contributed by atoms with Crippen LogP contribution < -0.4 is 0 Å². The molecule has 0 aliphatic carbocycles. The van der Waals surface area contributed by atoms with E-state index in [0.29, 0.717) is 0 Å². The van der Waals surface area contributed by atoms with Crippen LogP contribution in [0.1, 0.15) is 20.8 Å². The summed E-state index contributed by atoms with van der Waals surface area (Å²) in [5.74, 6) is 0. The summed E-state index contributed by atoms with van der Waals surface area (Å²) in [7, 11) is 2.80. The summed E-state index contributed by atoms with van der Waals surface area (Å²) in [6, 6.07) is -1.35. The first-order valence-corrected chi connectivity index (χ1v) is 3.59. The number of hydrogen-bond donors (Lipinski definition) is 0. The van der Waals surface area contributed by atoms with Gasteiger partial charge in [-0.2, -0.15) is 13.2 Å². The van der Waals surface area contributed by atoms with Crippen LogP contribution in [0.5, 0.6) is 0 Å². The van der Waals surface area contributed by atoms with Gasteiger partial charge >= 0.3 is 6.18 Å². The molecule has 0 bridgehead atoms. The van der Waals surface area contributed by atoms with Crippen molar-refractivity contribution in [1.82, 2.24) is 4.90 Å². The van der Waals surface area contributed by atoms with Gasteiger partial charge in [-0.25, -0.2) is 0 Å². The van der Waals surface area contributed by atoms with E-state index in [1.54, 1.807) is 0 Å². The maximum absolute atomic E-state index is 11.7. The van der Waals surface area contributed by atoms with Crippen molar-refractivity contribution in [2.24, 2.45) is 0 Å². The minimum absolute atomic E-state index is 1.12. The zero-order valence-corrected chi connectivity index (χ0v) is 7.66. The molecule has 0 saturated heterocycles. The van der Waals surface area contributed by atoms with Crippen molar-refractivity contribution in [3.8, 4) is 0 Å². The molecule has 0 spiro atoms. The maximum Gasteiger partial charge on any atom is 0.403 e. The normalized spacial score (nSPS) is 13.9. The Morgan fingerprint density at radius 1 is 1.09 bits per heavy atom. The fraction of sp³-hybridized carbons (Fsp3) is 1.00. The van der Waals surface area contributed by atoms with E-state index in [2.05, 4.69) is 0 Å². The standard InChI is InChI=1S/C5H10F3N.C2H6/c1-4(9(2)3)5(6,7)8;1-2/h4H,1-3H3;1-2H3. The van der Waals surface area contributed by atoms with E-state index in [1.807, 2.05) is 13.8 Å². The topological polar surface area (TPSA) is 3.24 Å². The third-order valence-corrected chi connectivity index (χ3v) is 1.25. The third-order valence-electron chi connectivity index (χ3n) is 1.25. The molecule has 1 unspecified atom stereocenters. The summed E-state index contributed by atoms with van der Waals surface area (Å²) in [5, 5.41) is 0. The van der Waals surface area contributed by atoms with Gasteiger partial charge < -0.3 is 0 Å². The van der Waals surface area contributed by atoms with Crippen molar-refractivity contribution in [3.05, 3.63) is 0 Å². The Balaban J connectivity index is 0. The molecular weight excluding hydrogens is 155 g/mol. The highest BCUT2D eigenvalue weighted by molar-refractivity contribution is 4.67. The van der Waals surface area contributed by atoms with Crippen molar-refractivity contribution < 1.29 is 13.2 Å². The molecular formula is C7H16F3N. The predicted molar refractivity (Wildman–Crippen MR) is 40.6 cm³/mol. The zero-order valence-electron chi connectivity index (χ0n) is 7.66. The van der Waals surface area contributed by atoms with Crippen LogP contribution in [-0.2, 0) is 0 Å². The molecule has 11 heavy (non-hydrogen) atoms. The van der Waals surface area contributed by atoms with Gasteiger partial charge in [0.15, 0.2) is 0 Å². The highest BCUT2D eigenvalue weighted by atomic mass is 19.4. The van der Waals surface area contributed by atoms with Gasteiger partial charge in [-0.1, -0.05) is 13.8 Å². The van der Waals surface area contributed by atoms with Gasteiger partial charge in [-0.3, -0.25) is 4.90 Å². The van der Waals surface area contributed by atoms with Crippen LogP contribution in [0.2, 0.25) is 0 Å². The Kier molecular flexibility index (Phi) is 6.56. The average molecular weight is 171 g/mol. The first-order valence-electron chi connectivity index (χ1n) is 3.59. The van der Waals surface area contributed by atoms with E-state index in [1.165, 1.54) is 14.1 Å². The number of alkyl halides is 3. The van der Waals surface area contributed by atoms with E-state index < -0.39 is 12.2 Å². The highest BCUT2D eigenvalue weighted by Gasteiger charge is 2.37. The van der Waals surface area contributed by atoms with Crippen LogP contribution >= 0.6 is 0 Å². The van der Waals surface area contributed by atoms with E-state index in [9.17, 15) is 13.2 Å². The molecule has 1 nitrogen and oxygen atoms in total. The molecule has 0 heterocycles. The number of nitrogens with zero attached hydrogens (tertiary/aromatic N) is 1. The molecule has 0 aromatic rings. The van der Waals surface area contributed by atoms with E-state index in [4.69, 9.17) is 0 Å². The molecule has 1 atom stereocenters. The van der Waals surface area contributed by atoms with Gasteiger partial charge in [0.05, 0.1) is 0 Å². The number of halogens is 3. The predicted octanol–water partition coefficient (Wildman–Crippen LogP) is 2.53. The fourth-order valence-electron chi connectivity index (χ4n) is 0.293. The molecule has 0 aromatic carbocycles. The van der Waals surface area contributed by atoms with Gasteiger partial charge in [-0.15, -0.1) is 0 Å². The lowest BCUT2D eigenvalue weighted by Crippen LogP contribution is -2.38. The van der Waals surface area contributed by atoms with Crippen LogP contribution in [0.4, 0.5) is 13.2 Å². The van der Waals surface area contributed by atoms with E-state index >= 15 is 0 Å². The first kappa shape index (κ1) is 13.3. The Morgan fingerprint density at radius 3 is 1.36 bits per heavy atom. The van der Waals surface area contributed by atoms with Crippen LogP contribution in [0.25, 0.3) is 0 Å². The quantitative estimate of drug-likeness (QED) is 0.586. The molecule has 4 heteroatoms. The molecule has 0 N–H and O–H groups in total. The maximum atomic E-state index is 11.7. The van der Waals surface area contributed by atoms with Crippen molar-refractivity contribution in [2.45, 2.75) is 33.0 Å². The number of rotatable bonds is 1. The van der Waals surface area contributed by atoms with Gasteiger partial charge in [0, 0.05) is 0 Å². The molecule has 0 aliphatic heterocycles. The first-order chi connectivity index (χ1) is 4.85. The lowest BCUT2D eigenvalue weighted by atomic mass is 10.3. The SMILES string of the molecule is CC.CC(N(C)C)C(F)(F)F. The molecule has 0 rings (SSSR count). The Hall–Kier alpha value is -0.250. The number of hydrogen-bond acceptors (Lipinski definition) is 1. The summed E-state index contributed by atoms with van der Waals surface area (Å²) in [6.45, 7) is 5.12. The smallest absolute Gasteiger partial charge is 0.299 e. The van der Waals surface area contributed by atoms with Crippen LogP contribution in [0, 0.1) is 0 Å². The molecule has 70 valence electrons. The largest absolute Gasteiger partial charge is 0.403 e. The van der Waals surface area contributed by atoms with Gasteiger partial charge in [0.2, 0.25) is 0 Å². The monoisotopic (exact) mass is 171 g/mol. The molecule has 0 fully saturated rings. The van der Waals surface area contributed by atoms with Crippen molar-refractivity contribution >= 4 is 0 Å². The third kappa shape index (κ3) is 6.16.